The van der Waals surface area contributed by atoms with Gasteiger partial charge in [0.1, 0.15) is 0 Å². The molecule has 152 valence electrons. The van der Waals surface area contributed by atoms with Gasteiger partial charge in [0.15, 0.2) is 5.96 Å². The van der Waals surface area contributed by atoms with Gasteiger partial charge in [0, 0.05) is 58.1 Å². The molecule has 7 heteroatoms. The zero-order chi connectivity index (χ0) is 19.9. The molecular formula is C21H32N6O. The molecule has 0 unspecified atom stereocenters. The van der Waals surface area contributed by atoms with Crippen molar-refractivity contribution in [3.05, 3.63) is 52.3 Å². The molecule has 0 aliphatic carbocycles. The van der Waals surface area contributed by atoms with Crippen LogP contribution in [0.1, 0.15) is 28.1 Å². The number of aryl methyl sites for hydroxylation is 2. The molecule has 7 nitrogen and oxygen atoms in total. The first-order valence-electron chi connectivity index (χ1n) is 9.88. The summed E-state index contributed by atoms with van der Waals surface area (Å²) < 4.78 is 7.33. The molecule has 28 heavy (non-hydrogen) atoms. The molecule has 0 spiro atoms. The molecule has 1 aromatic heterocycles. The van der Waals surface area contributed by atoms with Crippen LogP contribution in [0.15, 0.2) is 29.3 Å². The SMILES string of the molecule is CN=C(NCc1ccc(CN2CCOCC2)cc1)NCc1c(C)nn(C)c1C. The Morgan fingerprint density at radius 1 is 1.07 bits per heavy atom. The van der Waals surface area contributed by atoms with E-state index in [0.29, 0.717) is 6.54 Å². The maximum atomic E-state index is 5.41. The third kappa shape index (κ3) is 5.33. The van der Waals surface area contributed by atoms with E-state index in [9.17, 15) is 0 Å². The van der Waals surface area contributed by atoms with E-state index >= 15 is 0 Å². The summed E-state index contributed by atoms with van der Waals surface area (Å²) in [4.78, 5) is 6.76. The molecule has 1 aliphatic rings. The highest BCUT2D eigenvalue weighted by molar-refractivity contribution is 5.79. The highest BCUT2D eigenvalue weighted by Gasteiger charge is 2.11. The average Bonchev–Trinajstić information content (AvgIpc) is 2.95. The van der Waals surface area contributed by atoms with E-state index in [2.05, 4.69) is 56.8 Å². The lowest BCUT2D eigenvalue weighted by Crippen LogP contribution is -2.36. The molecule has 1 aliphatic heterocycles. The van der Waals surface area contributed by atoms with Gasteiger partial charge in [-0.2, -0.15) is 5.10 Å². The van der Waals surface area contributed by atoms with Gasteiger partial charge < -0.3 is 15.4 Å². The Labute approximate surface area is 167 Å². The van der Waals surface area contributed by atoms with Crippen molar-refractivity contribution in [2.24, 2.45) is 12.0 Å². The first kappa shape index (κ1) is 20.4. The second kappa shape index (κ2) is 9.71. The lowest BCUT2D eigenvalue weighted by Gasteiger charge is -2.26. The number of benzene rings is 1. The normalized spacial score (nSPS) is 15.6. The summed E-state index contributed by atoms with van der Waals surface area (Å²) in [6.45, 7) is 10.3. The maximum Gasteiger partial charge on any atom is 0.191 e. The quantitative estimate of drug-likeness (QED) is 0.587. The Kier molecular flexibility index (Phi) is 7.06. The maximum absolute atomic E-state index is 5.41. The molecule has 0 amide bonds. The summed E-state index contributed by atoms with van der Waals surface area (Å²) in [6.07, 6.45) is 0. The van der Waals surface area contributed by atoms with E-state index in [1.165, 1.54) is 22.4 Å². The van der Waals surface area contributed by atoms with Crippen LogP contribution < -0.4 is 10.6 Å². The van der Waals surface area contributed by atoms with Crippen molar-refractivity contribution in [2.45, 2.75) is 33.5 Å². The zero-order valence-electron chi connectivity index (χ0n) is 17.5. The summed E-state index contributed by atoms with van der Waals surface area (Å²) >= 11 is 0. The molecule has 0 radical (unpaired) electrons. The first-order valence-corrected chi connectivity index (χ1v) is 9.88. The Bertz CT molecular complexity index is 790. The summed E-state index contributed by atoms with van der Waals surface area (Å²) in [5, 5.41) is 11.2. The minimum atomic E-state index is 0.712. The van der Waals surface area contributed by atoms with Crippen molar-refractivity contribution in [3.8, 4) is 0 Å². The van der Waals surface area contributed by atoms with Crippen LogP contribution in [0.4, 0.5) is 0 Å². The van der Waals surface area contributed by atoms with Crippen molar-refractivity contribution in [1.29, 1.82) is 0 Å². The topological polar surface area (TPSA) is 66.7 Å². The predicted octanol–water partition coefficient (Wildman–Crippen LogP) is 1.73. The molecule has 2 N–H and O–H groups in total. The van der Waals surface area contributed by atoms with Gasteiger partial charge in [-0.05, 0) is 25.0 Å². The molecule has 2 aromatic rings. The Morgan fingerprint density at radius 2 is 1.71 bits per heavy atom. The lowest BCUT2D eigenvalue weighted by atomic mass is 10.1. The zero-order valence-corrected chi connectivity index (χ0v) is 17.5. The fourth-order valence-electron chi connectivity index (χ4n) is 3.43. The molecule has 1 saturated heterocycles. The van der Waals surface area contributed by atoms with Gasteiger partial charge in [0.2, 0.25) is 0 Å². The largest absolute Gasteiger partial charge is 0.379 e. The van der Waals surface area contributed by atoms with Crippen LogP contribution in [0, 0.1) is 13.8 Å². The van der Waals surface area contributed by atoms with Crippen LogP contribution in [0.3, 0.4) is 0 Å². The number of nitrogens with one attached hydrogen (secondary N) is 2. The third-order valence-electron chi connectivity index (χ3n) is 5.31. The molecule has 0 saturated carbocycles. The van der Waals surface area contributed by atoms with Crippen molar-refractivity contribution in [2.75, 3.05) is 33.4 Å². The number of rotatable bonds is 6. The van der Waals surface area contributed by atoms with Crippen LogP contribution >= 0.6 is 0 Å². The number of nitrogens with zero attached hydrogens (tertiary/aromatic N) is 4. The smallest absolute Gasteiger partial charge is 0.191 e. The first-order chi connectivity index (χ1) is 13.6. The lowest BCUT2D eigenvalue weighted by molar-refractivity contribution is 0.0342. The molecule has 1 aromatic carbocycles. The number of hydrogen-bond acceptors (Lipinski definition) is 4. The van der Waals surface area contributed by atoms with Gasteiger partial charge in [0.25, 0.3) is 0 Å². The molecule has 2 heterocycles. The second-order valence-electron chi connectivity index (χ2n) is 7.26. The van der Waals surface area contributed by atoms with E-state index in [-0.39, 0.29) is 0 Å². The summed E-state index contributed by atoms with van der Waals surface area (Å²) in [7, 11) is 3.77. The number of morpholine rings is 1. The average molecular weight is 385 g/mol. The number of ether oxygens (including phenoxy) is 1. The highest BCUT2D eigenvalue weighted by atomic mass is 16.5. The Balaban J connectivity index is 1.48. The van der Waals surface area contributed by atoms with Crippen LogP contribution in [-0.2, 0) is 31.4 Å². The van der Waals surface area contributed by atoms with Crippen molar-refractivity contribution in [1.82, 2.24) is 25.3 Å². The van der Waals surface area contributed by atoms with Gasteiger partial charge >= 0.3 is 0 Å². The van der Waals surface area contributed by atoms with Gasteiger partial charge in [0.05, 0.1) is 18.9 Å². The van der Waals surface area contributed by atoms with Crippen LogP contribution in [-0.4, -0.2) is 54.0 Å². The summed E-state index contributed by atoms with van der Waals surface area (Å²) in [5.41, 5.74) is 6.03. The monoisotopic (exact) mass is 384 g/mol. The second-order valence-corrected chi connectivity index (χ2v) is 7.26. The minimum Gasteiger partial charge on any atom is -0.379 e. The van der Waals surface area contributed by atoms with Crippen molar-refractivity contribution < 1.29 is 4.74 Å². The van der Waals surface area contributed by atoms with E-state index in [1.807, 2.05) is 18.7 Å². The number of hydrogen-bond donors (Lipinski definition) is 2. The van der Waals surface area contributed by atoms with Crippen LogP contribution in [0.5, 0.6) is 0 Å². The Morgan fingerprint density at radius 3 is 2.32 bits per heavy atom. The number of aromatic nitrogens is 2. The predicted molar refractivity (Wildman–Crippen MR) is 112 cm³/mol. The van der Waals surface area contributed by atoms with Gasteiger partial charge in [-0.3, -0.25) is 14.6 Å². The summed E-state index contributed by atoms with van der Waals surface area (Å²) in [5.74, 6) is 0.792. The van der Waals surface area contributed by atoms with Gasteiger partial charge in [-0.15, -0.1) is 0 Å². The number of aliphatic imine (C=N–C) groups is 1. The van der Waals surface area contributed by atoms with E-state index in [0.717, 1.165) is 51.0 Å². The van der Waals surface area contributed by atoms with E-state index in [1.54, 1.807) is 7.05 Å². The molecule has 0 atom stereocenters. The summed E-state index contributed by atoms with van der Waals surface area (Å²) in [6, 6.07) is 8.80. The van der Waals surface area contributed by atoms with Gasteiger partial charge in [-0.1, -0.05) is 24.3 Å². The van der Waals surface area contributed by atoms with E-state index < -0.39 is 0 Å². The molecular weight excluding hydrogens is 352 g/mol. The fraction of sp³-hybridized carbons (Fsp3) is 0.524. The number of guanidine groups is 1. The fourth-order valence-corrected chi connectivity index (χ4v) is 3.43. The van der Waals surface area contributed by atoms with Crippen LogP contribution in [0.2, 0.25) is 0 Å². The van der Waals surface area contributed by atoms with Crippen LogP contribution in [0.25, 0.3) is 0 Å². The molecule has 3 rings (SSSR count). The highest BCUT2D eigenvalue weighted by Crippen LogP contribution is 2.11. The van der Waals surface area contributed by atoms with Crippen molar-refractivity contribution in [3.63, 3.8) is 0 Å². The Hall–Kier alpha value is -2.38. The standard InChI is InChI=1S/C21H32N6O/c1-16-20(17(2)26(4)25-16)14-24-21(22-3)23-13-18-5-7-19(8-6-18)15-27-9-11-28-12-10-27/h5-8H,9-15H2,1-4H3,(H2,22,23,24). The third-order valence-corrected chi connectivity index (χ3v) is 5.31. The van der Waals surface area contributed by atoms with Gasteiger partial charge in [-0.25, -0.2) is 0 Å². The molecule has 1 fully saturated rings. The minimum absolute atomic E-state index is 0.712. The molecule has 0 bridgehead atoms. The van der Waals surface area contributed by atoms with E-state index in [4.69, 9.17) is 4.74 Å². The van der Waals surface area contributed by atoms with Crippen molar-refractivity contribution >= 4 is 5.96 Å².